The molecule has 2 aromatic carbocycles. The number of amides is 1. The van der Waals surface area contributed by atoms with E-state index in [1.54, 1.807) is 54.1 Å². The maximum atomic E-state index is 13.1. The van der Waals surface area contributed by atoms with Crippen molar-refractivity contribution < 1.29 is 19.4 Å². The third kappa shape index (κ3) is 3.87. The van der Waals surface area contributed by atoms with E-state index in [-0.39, 0.29) is 11.3 Å². The summed E-state index contributed by atoms with van der Waals surface area (Å²) in [4.78, 5) is 31.6. The fourth-order valence-electron chi connectivity index (χ4n) is 3.48. The number of aryl methyl sites for hydroxylation is 1. The molecule has 0 aliphatic carbocycles. The molecule has 6 nitrogen and oxygen atoms in total. The third-order valence-corrected chi connectivity index (χ3v) is 5.71. The number of rotatable bonds is 6. The van der Waals surface area contributed by atoms with E-state index < -0.39 is 17.7 Å². The third-order valence-electron chi connectivity index (χ3n) is 4.94. The van der Waals surface area contributed by atoms with Gasteiger partial charge in [-0.15, -0.1) is 11.3 Å². The minimum Gasteiger partial charge on any atom is -0.507 e. The van der Waals surface area contributed by atoms with E-state index in [2.05, 4.69) is 11.6 Å². The quantitative estimate of drug-likeness (QED) is 0.266. The lowest BCUT2D eigenvalue weighted by molar-refractivity contribution is -0.132. The largest absolute Gasteiger partial charge is 0.507 e. The van der Waals surface area contributed by atoms with E-state index in [4.69, 9.17) is 4.74 Å². The van der Waals surface area contributed by atoms with Crippen LogP contribution in [0.25, 0.3) is 5.76 Å². The number of hydrogen-bond acceptors (Lipinski definition) is 6. The fourth-order valence-corrected chi connectivity index (χ4v) is 4.14. The van der Waals surface area contributed by atoms with Gasteiger partial charge in [-0.05, 0) is 24.6 Å². The molecule has 3 aromatic rings. The van der Waals surface area contributed by atoms with E-state index in [0.29, 0.717) is 28.6 Å². The van der Waals surface area contributed by atoms with E-state index in [1.165, 1.54) is 16.2 Å². The number of Topliss-reactive ketones (excluding diaryl/α,β-unsaturated/α-hetero) is 1. The van der Waals surface area contributed by atoms with Gasteiger partial charge < -0.3 is 9.84 Å². The second-order valence-corrected chi connectivity index (χ2v) is 7.89. The summed E-state index contributed by atoms with van der Waals surface area (Å²) >= 11 is 1.25. The number of ketones is 1. The number of carbonyl (C=O) groups excluding carboxylic acids is 2. The Morgan fingerprint density at radius 3 is 2.71 bits per heavy atom. The molecular formula is C24H20N2O4S. The van der Waals surface area contributed by atoms with Gasteiger partial charge in [-0.1, -0.05) is 54.6 Å². The molecular weight excluding hydrogens is 412 g/mol. The first-order valence-electron chi connectivity index (χ1n) is 9.62. The molecule has 0 spiro atoms. The second kappa shape index (κ2) is 8.57. The normalized spacial score (nSPS) is 17.7. The maximum Gasteiger partial charge on any atom is 0.301 e. The number of aromatic nitrogens is 1. The monoisotopic (exact) mass is 432 g/mol. The van der Waals surface area contributed by atoms with Gasteiger partial charge in [-0.3, -0.25) is 14.5 Å². The summed E-state index contributed by atoms with van der Waals surface area (Å²) in [5.74, 6) is -1.14. The zero-order chi connectivity index (χ0) is 22.0. The van der Waals surface area contributed by atoms with Crippen LogP contribution >= 0.6 is 11.3 Å². The molecule has 0 saturated carbocycles. The zero-order valence-electron chi connectivity index (χ0n) is 16.8. The summed E-state index contributed by atoms with van der Waals surface area (Å²) in [6.45, 7) is 5.90. The van der Waals surface area contributed by atoms with Crippen molar-refractivity contribution in [2.45, 2.75) is 13.0 Å². The van der Waals surface area contributed by atoms with Crippen molar-refractivity contribution in [2.75, 3.05) is 11.5 Å². The van der Waals surface area contributed by atoms with Crippen molar-refractivity contribution >= 4 is 33.9 Å². The molecule has 2 heterocycles. The lowest BCUT2D eigenvalue weighted by Gasteiger charge is -2.23. The number of anilines is 1. The van der Waals surface area contributed by atoms with Crippen LogP contribution in [0.5, 0.6) is 5.75 Å². The van der Waals surface area contributed by atoms with Crippen molar-refractivity contribution in [2.24, 2.45) is 0 Å². The lowest BCUT2D eigenvalue weighted by Crippen LogP contribution is -2.29. The smallest absolute Gasteiger partial charge is 0.301 e. The Morgan fingerprint density at radius 1 is 1.26 bits per heavy atom. The molecule has 1 N–H and O–H groups in total. The van der Waals surface area contributed by atoms with Crippen molar-refractivity contribution in [3.63, 3.8) is 0 Å². The zero-order valence-corrected chi connectivity index (χ0v) is 17.6. The Hall–Kier alpha value is -3.71. The highest BCUT2D eigenvalue weighted by molar-refractivity contribution is 7.14. The average Bonchev–Trinajstić information content (AvgIpc) is 3.39. The summed E-state index contributed by atoms with van der Waals surface area (Å²) in [5.41, 5.74) is 2.13. The number of ether oxygens (including phenoxy) is 1. The average molecular weight is 433 g/mol. The predicted molar refractivity (Wildman–Crippen MR) is 120 cm³/mol. The molecule has 1 aromatic heterocycles. The van der Waals surface area contributed by atoms with Gasteiger partial charge in [0.2, 0.25) is 0 Å². The van der Waals surface area contributed by atoms with Gasteiger partial charge in [0, 0.05) is 17.1 Å². The van der Waals surface area contributed by atoms with Gasteiger partial charge in [0.1, 0.15) is 18.1 Å². The van der Waals surface area contributed by atoms with Gasteiger partial charge in [0.25, 0.3) is 5.78 Å². The maximum absolute atomic E-state index is 13.1. The van der Waals surface area contributed by atoms with Crippen LogP contribution < -0.4 is 9.64 Å². The highest BCUT2D eigenvalue weighted by atomic mass is 32.1. The number of nitrogens with zero attached hydrogens (tertiary/aromatic N) is 2. The molecule has 1 saturated heterocycles. The SMILES string of the molecule is C=CCOc1cccc(C2/C(=C(\O)c3ccc(C)cc3)C(=O)C(=O)N2c2nccs2)c1. The molecule has 0 radical (unpaired) electrons. The van der Waals surface area contributed by atoms with Crippen molar-refractivity contribution in [3.8, 4) is 5.75 Å². The van der Waals surface area contributed by atoms with Crippen molar-refractivity contribution in [1.29, 1.82) is 0 Å². The lowest BCUT2D eigenvalue weighted by atomic mass is 9.95. The number of hydrogen-bond donors (Lipinski definition) is 1. The van der Waals surface area contributed by atoms with Crippen LogP contribution in [0, 0.1) is 6.92 Å². The second-order valence-electron chi connectivity index (χ2n) is 7.02. The molecule has 1 aliphatic rings. The Kier molecular flexibility index (Phi) is 5.68. The van der Waals surface area contributed by atoms with E-state index in [0.717, 1.165) is 5.56 Å². The van der Waals surface area contributed by atoms with Crippen LogP contribution in [0.2, 0.25) is 0 Å². The molecule has 0 bridgehead atoms. The number of aliphatic hydroxyl groups is 1. The highest BCUT2D eigenvalue weighted by Gasteiger charge is 2.48. The predicted octanol–water partition coefficient (Wildman–Crippen LogP) is 4.64. The minimum absolute atomic E-state index is 0.0184. The fraction of sp³-hybridized carbons (Fsp3) is 0.125. The Balaban J connectivity index is 1.89. The van der Waals surface area contributed by atoms with Crippen LogP contribution in [0.3, 0.4) is 0 Å². The summed E-state index contributed by atoms with van der Waals surface area (Å²) < 4.78 is 5.63. The van der Waals surface area contributed by atoms with Crippen LogP contribution in [0.1, 0.15) is 22.7 Å². The van der Waals surface area contributed by atoms with Crippen LogP contribution in [-0.2, 0) is 9.59 Å². The van der Waals surface area contributed by atoms with Crippen LogP contribution in [-0.4, -0.2) is 28.4 Å². The number of benzene rings is 2. The molecule has 1 amide bonds. The van der Waals surface area contributed by atoms with Gasteiger partial charge in [-0.25, -0.2) is 4.98 Å². The first kappa shape index (κ1) is 20.6. The van der Waals surface area contributed by atoms with Crippen molar-refractivity contribution in [3.05, 3.63) is 95.0 Å². The number of carbonyl (C=O) groups is 2. The standard InChI is InChI=1S/C24H20N2O4S/c1-3-12-30-18-6-4-5-17(14-18)20-19(21(27)16-9-7-15(2)8-10-16)22(28)23(29)26(20)24-25-11-13-31-24/h3-11,13-14,20,27H,1,12H2,2H3/b21-19+. The van der Waals surface area contributed by atoms with Crippen LogP contribution in [0.4, 0.5) is 5.13 Å². The van der Waals surface area contributed by atoms with E-state index in [1.807, 2.05) is 19.1 Å². The van der Waals surface area contributed by atoms with E-state index >= 15 is 0 Å². The molecule has 7 heteroatoms. The van der Waals surface area contributed by atoms with Gasteiger partial charge in [0.15, 0.2) is 5.13 Å². The van der Waals surface area contributed by atoms with E-state index in [9.17, 15) is 14.7 Å². The van der Waals surface area contributed by atoms with Gasteiger partial charge in [0.05, 0.1) is 11.6 Å². The van der Waals surface area contributed by atoms with Gasteiger partial charge >= 0.3 is 5.91 Å². The van der Waals surface area contributed by atoms with Crippen molar-refractivity contribution in [1.82, 2.24) is 4.98 Å². The first-order chi connectivity index (χ1) is 15.0. The Bertz CT molecular complexity index is 1170. The minimum atomic E-state index is -0.834. The molecule has 4 rings (SSSR count). The van der Waals surface area contributed by atoms with Crippen LogP contribution in [0.15, 0.2) is 78.3 Å². The Labute approximate surface area is 183 Å². The molecule has 1 aliphatic heterocycles. The molecule has 31 heavy (non-hydrogen) atoms. The molecule has 1 unspecified atom stereocenters. The first-order valence-corrected chi connectivity index (χ1v) is 10.5. The number of thiazole rings is 1. The summed E-state index contributed by atoms with van der Waals surface area (Å²) in [5, 5.41) is 13.2. The topological polar surface area (TPSA) is 79.7 Å². The molecule has 1 atom stereocenters. The molecule has 1 fully saturated rings. The number of aliphatic hydroxyl groups excluding tert-OH is 1. The summed E-state index contributed by atoms with van der Waals surface area (Å²) in [6, 6.07) is 13.4. The highest BCUT2D eigenvalue weighted by Crippen LogP contribution is 2.43. The Morgan fingerprint density at radius 2 is 2.03 bits per heavy atom. The molecule has 156 valence electrons. The van der Waals surface area contributed by atoms with Gasteiger partial charge in [-0.2, -0.15) is 0 Å². The summed E-state index contributed by atoms with van der Waals surface area (Å²) in [6.07, 6.45) is 3.20. The summed E-state index contributed by atoms with van der Waals surface area (Å²) in [7, 11) is 0.